The second-order valence-electron chi connectivity index (χ2n) is 6.91. The Hall–Kier alpha value is -3.03. The summed E-state index contributed by atoms with van der Waals surface area (Å²) in [5.74, 6) is -1.29. The molecule has 0 saturated heterocycles. The standard InChI is InChI=1S/C23H18F2N2O2S/c1-14(28)30-15-11-12-20-21(13-15)27(2)22(26-20)23(29,16-7-3-5-9-18(16)24)17-8-4-6-10-19(17)25/h3-13,29H,1-2H3. The molecule has 0 atom stereocenters. The van der Waals surface area contributed by atoms with Crippen LogP contribution in [0.4, 0.5) is 8.78 Å². The highest BCUT2D eigenvalue weighted by Crippen LogP contribution is 2.40. The molecule has 0 fully saturated rings. The van der Waals surface area contributed by atoms with Crippen molar-refractivity contribution < 1.29 is 18.7 Å². The molecule has 0 bridgehead atoms. The van der Waals surface area contributed by atoms with Crippen molar-refractivity contribution in [2.24, 2.45) is 7.05 Å². The Kier molecular flexibility index (Phi) is 5.17. The zero-order valence-electron chi connectivity index (χ0n) is 16.3. The minimum Gasteiger partial charge on any atom is -0.373 e. The van der Waals surface area contributed by atoms with E-state index in [0.29, 0.717) is 15.9 Å². The van der Waals surface area contributed by atoms with Gasteiger partial charge in [0.2, 0.25) is 0 Å². The van der Waals surface area contributed by atoms with Gasteiger partial charge >= 0.3 is 0 Å². The smallest absolute Gasteiger partial charge is 0.190 e. The number of imidazole rings is 1. The number of fused-ring (bicyclic) bond motifs is 1. The molecule has 0 saturated carbocycles. The molecule has 4 aromatic rings. The van der Waals surface area contributed by atoms with Crippen molar-refractivity contribution in [2.75, 3.05) is 0 Å². The molecule has 30 heavy (non-hydrogen) atoms. The number of nitrogens with zero attached hydrogens (tertiary/aromatic N) is 2. The summed E-state index contributed by atoms with van der Waals surface area (Å²) in [6, 6.07) is 16.6. The van der Waals surface area contributed by atoms with Crippen molar-refractivity contribution in [3.63, 3.8) is 0 Å². The van der Waals surface area contributed by atoms with E-state index in [1.165, 1.54) is 43.3 Å². The molecule has 4 rings (SSSR count). The number of aromatic nitrogens is 2. The van der Waals surface area contributed by atoms with E-state index in [0.717, 1.165) is 11.8 Å². The molecule has 0 aliphatic heterocycles. The minimum atomic E-state index is -2.17. The summed E-state index contributed by atoms with van der Waals surface area (Å²) < 4.78 is 31.2. The van der Waals surface area contributed by atoms with E-state index in [1.807, 2.05) is 0 Å². The number of hydrogen-bond acceptors (Lipinski definition) is 4. The van der Waals surface area contributed by atoms with Gasteiger partial charge in [0, 0.05) is 30.0 Å². The normalized spacial score (nSPS) is 11.8. The minimum absolute atomic E-state index is 0.0639. The third kappa shape index (κ3) is 3.30. The summed E-state index contributed by atoms with van der Waals surface area (Å²) >= 11 is 1.07. The average molecular weight is 424 g/mol. The topological polar surface area (TPSA) is 55.1 Å². The van der Waals surface area contributed by atoms with Crippen molar-refractivity contribution in [1.29, 1.82) is 0 Å². The Morgan fingerprint density at radius 2 is 1.57 bits per heavy atom. The number of carbonyl (C=O) groups excluding carboxylic acids is 1. The van der Waals surface area contributed by atoms with Crippen molar-refractivity contribution >= 4 is 27.9 Å². The number of halogens is 2. The molecule has 0 unspecified atom stereocenters. The summed E-state index contributed by atoms with van der Waals surface area (Å²) in [7, 11) is 1.67. The molecule has 152 valence electrons. The Morgan fingerprint density at radius 3 is 2.10 bits per heavy atom. The quantitative estimate of drug-likeness (QED) is 0.480. The van der Waals surface area contributed by atoms with Crippen LogP contribution >= 0.6 is 11.8 Å². The molecular weight excluding hydrogens is 406 g/mol. The Bertz CT molecular complexity index is 1220. The van der Waals surface area contributed by atoms with E-state index in [-0.39, 0.29) is 22.1 Å². The van der Waals surface area contributed by atoms with Crippen LogP contribution in [0.15, 0.2) is 71.6 Å². The van der Waals surface area contributed by atoms with Crippen molar-refractivity contribution in [3.8, 4) is 0 Å². The number of thioether (sulfide) groups is 1. The lowest BCUT2D eigenvalue weighted by Crippen LogP contribution is -2.34. The molecule has 1 heterocycles. The molecule has 0 aliphatic rings. The van der Waals surface area contributed by atoms with E-state index in [9.17, 15) is 18.7 Å². The van der Waals surface area contributed by atoms with E-state index < -0.39 is 17.2 Å². The van der Waals surface area contributed by atoms with Crippen LogP contribution in [0, 0.1) is 11.6 Å². The highest BCUT2D eigenvalue weighted by molar-refractivity contribution is 8.13. The molecule has 4 nitrogen and oxygen atoms in total. The van der Waals surface area contributed by atoms with Gasteiger partial charge in [-0.15, -0.1) is 0 Å². The van der Waals surface area contributed by atoms with Gasteiger partial charge in [-0.1, -0.05) is 48.2 Å². The Morgan fingerprint density at radius 1 is 1.00 bits per heavy atom. The molecule has 1 N–H and O–H groups in total. The summed E-state index contributed by atoms with van der Waals surface area (Å²) in [5, 5.41) is 11.8. The van der Waals surface area contributed by atoms with Gasteiger partial charge in [-0.25, -0.2) is 13.8 Å². The molecule has 1 aromatic heterocycles. The number of rotatable bonds is 4. The van der Waals surface area contributed by atoms with Crippen molar-refractivity contribution in [1.82, 2.24) is 9.55 Å². The molecule has 7 heteroatoms. The molecule has 3 aromatic carbocycles. The van der Waals surface area contributed by atoms with Crippen molar-refractivity contribution in [2.45, 2.75) is 17.4 Å². The second kappa shape index (κ2) is 7.66. The van der Waals surface area contributed by atoms with E-state index in [2.05, 4.69) is 4.98 Å². The third-order valence-electron chi connectivity index (χ3n) is 4.96. The maximum Gasteiger partial charge on any atom is 0.190 e. The number of aliphatic hydroxyl groups is 1. The lowest BCUT2D eigenvalue weighted by Gasteiger charge is -2.29. The van der Waals surface area contributed by atoms with Gasteiger partial charge in [-0.3, -0.25) is 4.79 Å². The van der Waals surface area contributed by atoms with Crippen LogP contribution in [0.2, 0.25) is 0 Å². The van der Waals surface area contributed by atoms with Crippen LogP contribution in [0.5, 0.6) is 0 Å². The fourth-order valence-corrected chi connectivity index (χ4v) is 4.26. The predicted octanol–water partition coefficient (Wildman–Crippen LogP) is 4.77. The Balaban J connectivity index is 2.02. The zero-order valence-corrected chi connectivity index (χ0v) is 17.1. The summed E-state index contributed by atoms with van der Waals surface area (Å²) in [4.78, 5) is 16.7. The van der Waals surface area contributed by atoms with Crippen LogP contribution in [0.1, 0.15) is 23.9 Å². The van der Waals surface area contributed by atoms with Crippen LogP contribution in [-0.2, 0) is 17.4 Å². The Labute approximate surface area is 176 Å². The van der Waals surface area contributed by atoms with Gasteiger partial charge in [0.05, 0.1) is 11.0 Å². The number of aryl methyl sites for hydroxylation is 1. The first kappa shape index (κ1) is 20.3. The van der Waals surface area contributed by atoms with Gasteiger partial charge in [-0.05, 0) is 30.3 Å². The van der Waals surface area contributed by atoms with Crippen molar-refractivity contribution in [3.05, 3.63) is 95.3 Å². The van der Waals surface area contributed by atoms with Gasteiger partial charge in [-0.2, -0.15) is 0 Å². The van der Waals surface area contributed by atoms with Gasteiger partial charge in [0.1, 0.15) is 11.6 Å². The van der Waals surface area contributed by atoms with Crippen LogP contribution in [0.3, 0.4) is 0 Å². The molecule has 0 aliphatic carbocycles. The number of carbonyl (C=O) groups is 1. The fourth-order valence-electron chi connectivity index (χ4n) is 3.62. The van der Waals surface area contributed by atoms with E-state index >= 15 is 0 Å². The monoisotopic (exact) mass is 424 g/mol. The third-order valence-corrected chi connectivity index (χ3v) is 5.74. The number of hydrogen-bond donors (Lipinski definition) is 1. The summed E-state index contributed by atoms with van der Waals surface area (Å²) in [6.07, 6.45) is 0. The van der Waals surface area contributed by atoms with Gasteiger partial charge in [0.25, 0.3) is 0 Å². The van der Waals surface area contributed by atoms with Gasteiger partial charge in [0.15, 0.2) is 16.5 Å². The lowest BCUT2D eigenvalue weighted by atomic mass is 9.84. The first-order valence-electron chi connectivity index (χ1n) is 9.20. The van der Waals surface area contributed by atoms with Crippen LogP contribution in [-0.4, -0.2) is 19.8 Å². The molecule has 0 amide bonds. The maximum absolute atomic E-state index is 14.8. The molecular formula is C23H18F2N2O2S. The highest BCUT2D eigenvalue weighted by atomic mass is 32.2. The SMILES string of the molecule is CC(=O)Sc1ccc2nc(C(O)(c3ccccc3F)c3ccccc3F)n(C)c2c1. The average Bonchev–Trinajstić information content (AvgIpc) is 3.04. The van der Waals surface area contributed by atoms with Crippen LogP contribution in [0.25, 0.3) is 11.0 Å². The summed E-state index contributed by atoms with van der Waals surface area (Å²) in [5.41, 5.74) is -1.22. The highest BCUT2D eigenvalue weighted by Gasteiger charge is 2.42. The largest absolute Gasteiger partial charge is 0.373 e. The first-order chi connectivity index (χ1) is 14.3. The zero-order chi connectivity index (χ0) is 21.5. The summed E-state index contributed by atoms with van der Waals surface area (Å²) in [6.45, 7) is 1.47. The van der Waals surface area contributed by atoms with Crippen LogP contribution < -0.4 is 0 Å². The lowest BCUT2D eigenvalue weighted by molar-refractivity contribution is -0.109. The molecule has 0 radical (unpaired) electrons. The maximum atomic E-state index is 14.8. The van der Waals surface area contributed by atoms with E-state index in [1.54, 1.807) is 41.9 Å². The van der Waals surface area contributed by atoms with E-state index in [4.69, 9.17) is 0 Å². The fraction of sp³-hybridized carbons (Fsp3) is 0.130. The first-order valence-corrected chi connectivity index (χ1v) is 10.0. The second-order valence-corrected chi connectivity index (χ2v) is 8.16. The number of benzene rings is 3. The molecule has 0 spiro atoms. The predicted molar refractivity (Wildman–Crippen MR) is 112 cm³/mol. The van der Waals surface area contributed by atoms with Gasteiger partial charge < -0.3 is 9.67 Å².